The van der Waals surface area contributed by atoms with Crippen LogP contribution in [0.25, 0.3) is 0 Å². The summed E-state index contributed by atoms with van der Waals surface area (Å²) in [5.41, 5.74) is 1.27. The number of aromatic nitrogens is 2. The number of carbonyl (C=O) groups is 2. The van der Waals surface area contributed by atoms with Gasteiger partial charge in [0.25, 0.3) is 0 Å². The summed E-state index contributed by atoms with van der Waals surface area (Å²) >= 11 is 6.28. The second kappa shape index (κ2) is 10.6. The number of nitrogens with zero attached hydrogens (tertiary/aromatic N) is 4. The van der Waals surface area contributed by atoms with Crippen LogP contribution in [0.15, 0.2) is 29.5 Å². The van der Waals surface area contributed by atoms with E-state index in [4.69, 9.17) is 16.3 Å². The van der Waals surface area contributed by atoms with Gasteiger partial charge in [0.1, 0.15) is 29.6 Å². The molecule has 9 nitrogen and oxygen atoms in total. The standard InChI is InChI=1S/C23H27ClN6O3/c1-30-10-9-25-21-20-16(23(32)29-22(20)28-14-27-21)13-26-15-7-8-17(24)18(12-15)33-11-5-3-2-4-6-19(30)31/h7-8,12-14,16H,2-6,9-11H2,1H3,(H2,25,27,28,29,32). The zero-order chi connectivity index (χ0) is 23.2. The maximum absolute atomic E-state index is 12.6. The van der Waals surface area contributed by atoms with Crippen molar-refractivity contribution in [2.24, 2.45) is 4.99 Å². The van der Waals surface area contributed by atoms with Crippen molar-refractivity contribution < 1.29 is 14.3 Å². The molecule has 174 valence electrons. The first-order valence-corrected chi connectivity index (χ1v) is 11.5. The van der Waals surface area contributed by atoms with E-state index < -0.39 is 5.92 Å². The van der Waals surface area contributed by atoms with E-state index in [0.29, 0.717) is 59.8 Å². The Bertz CT molecular complexity index is 1060. The normalized spacial score (nSPS) is 19.8. The van der Waals surface area contributed by atoms with E-state index in [9.17, 15) is 9.59 Å². The predicted octanol–water partition coefficient (Wildman–Crippen LogP) is 3.78. The van der Waals surface area contributed by atoms with E-state index >= 15 is 0 Å². The highest BCUT2D eigenvalue weighted by Gasteiger charge is 2.33. The molecular weight excluding hydrogens is 444 g/mol. The van der Waals surface area contributed by atoms with Crippen LogP contribution >= 0.6 is 11.6 Å². The highest BCUT2D eigenvalue weighted by molar-refractivity contribution is 6.32. The van der Waals surface area contributed by atoms with E-state index in [1.54, 1.807) is 36.4 Å². The second-order valence-corrected chi connectivity index (χ2v) is 8.51. The first-order chi connectivity index (χ1) is 16.0. The van der Waals surface area contributed by atoms with Crippen molar-refractivity contribution in [1.82, 2.24) is 14.9 Å². The van der Waals surface area contributed by atoms with Crippen molar-refractivity contribution in [3.8, 4) is 5.75 Å². The molecule has 1 aromatic heterocycles. The number of anilines is 2. The maximum atomic E-state index is 12.6. The summed E-state index contributed by atoms with van der Waals surface area (Å²) in [6.45, 7) is 1.56. The van der Waals surface area contributed by atoms with Crippen LogP contribution in [-0.4, -0.2) is 59.6 Å². The van der Waals surface area contributed by atoms with Gasteiger partial charge >= 0.3 is 0 Å². The number of halogens is 1. The third-order valence-electron chi connectivity index (χ3n) is 5.71. The molecule has 2 aliphatic heterocycles. The predicted molar refractivity (Wildman–Crippen MR) is 128 cm³/mol. The summed E-state index contributed by atoms with van der Waals surface area (Å²) in [5.74, 6) is 0.803. The number of amides is 2. The van der Waals surface area contributed by atoms with Gasteiger partial charge in [-0.15, -0.1) is 0 Å². The summed E-state index contributed by atoms with van der Waals surface area (Å²) in [5, 5.41) is 6.54. The molecule has 1 atom stereocenters. The van der Waals surface area contributed by atoms with Gasteiger partial charge in [-0.1, -0.05) is 24.4 Å². The number of hydrogen-bond acceptors (Lipinski definition) is 7. The van der Waals surface area contributed by atoms with Gasteiger partial charge in [0.2, 0.25) is 11.8 Å². The molecule has 2 aliphatic rings. The molecule has 4 rings (SSSR count). The number of ether oxygens (including phenoxy) is 1. The van der Waals surface area contributed by atoms with E-state index in [0.717, 1.165) is 25.7 Å². The Morgan fingerprint density at radius 1 is 1.12 bits per heavy atom. The summed E-state index contributed by atoms with van der Waals surface area (Å²) in [4.78, 5) is 39.7. The van der Waals surface area contributed by atoms with Crippen LogP contribution < -0.4 is 15.4 Å². The summed E-state index contributed by atoms with van der Waals surface area (Å²) in [6, 6.07) is 5.27. The number of likely N-dealkylation sites (N-methyl/N-ethyl adjacent to an activating group) is 1. The molecule has 1 aromatic carbocycles. The molecule has 2 aromatic rings. The number of benzene rings is 1. The number of carbonyl (C=O) groups excluding carboxylic acids is 2. The minimum absolute atomic E-state index is 0.112. The van der Waals surface area contributed by atoms with Crippen molar-refractivity contribution in [3.05, 3.63) is 35.1 Å². The van der Waals surface area contributed by atoms with Gasteiger partial charge in [0, 0.05) is 38.8 Å². The largest absolute Gasteiger partial charge is 0.492 e. The summed E-state index contributed by atoms with van der Waals surface area (Å²) in [6.07, 6.45) is 7.16. The van der Waals surface area contributed by atoms with Gasteiger partial charge < -0.3 is 20.3 Å². The lowest BCUT2D eigenvalue weighted by Crippen LogP contribution is -2.31. The zero-order valence-electron chi connectivity index (χ0n) is 18.5. The molecule has 0 saturated carbocycles. The lowest BCUT2D eigenvalue weighted by molar-refractivity contribution is -0.129. The molecule has 0 aliphatic carbocycles. The average Bonchev–Trinajstić information content (AvgIpc) is 3.13. The van der Waals surface area contributed by atoms with Crippen molar-refractivity contribution in [2.75, 3.05) is 37.4 Å². The first kappa shape index (κ1) is 23.0. The maximum Gasteiger partial charge on any atom is 0.238 e. The van der Waals surface area contributed by atoms with Crippen molar-refractivity contribution >= 4 is 47.0 Å². The number of hydrogen-bond donors (Lipinski definition) is 2. The lowest BCUT2D eigenvalue weighted by Gasteiger charge is -2.18. The molecule has 0 spiro atoms. The van der Waals surface area contributed by atoms with Crippen LogP contribution in [0.1, 0.15) is 43.6 Å². The van der Waals surface area contributed by atoms with Crippen LogP contribution in [0.3, 0.4) is 0 Å². The van der Waals surface area contributed by atoms with Gasteiger partial charge in [-0.05, 0) is 25.0 Å². The van der Waals surface area contributed by atoms with Crippen LogP contribution in [-0.2, 0) is 9.59 Å². The lowest BCUT2D eigenvalue weighted by atomic mass is 10.0. The molecule has 1 unspecified atom stereocenters. The molecule has 0 saturated heterocycles. The fourth-order valence-corrected chi connectivity index (χ4v) is 3.99. The van der Waals surface area contributed by atoms with Crippen molar-refractivity contribution in [2.45, 2.75) is 38.0 Å². The van der Waals surface area contributed by atoms with Crippen molar-refractivity contribution in [3.63, 3.8) is 0 Å². The van der Waals surface area contributed by atoms with Gasteiger partial charge in [-0.3, -0.25) is 14.6 Å². The Hall–Kier alpha value is -3.20. The highest BCUT2D eigenvalue weighted by atomic mass is 35.5. The Labute approximate surface area is 197 Å². The van der Waals surface area contributed by atoms with Gasteiger partial charge in [-0.25, -0.2) is 9.97 Å². The minimum atomic E-state index is -0.645. The average molecular weight is 471 g/mol. The number of fused-ring (bicyclic) bond motifs is 2. The van der Waals surface area contributed by atoms with Crippen LogP contribution in [0.5, 0.6) is 5.75 Å². The van der Waals surface area contributed by atoms with E-state index in [-0.39, 0.29) is 11.8 Å². The number of rotatable bonds is 0. The molecule has 0 fully saturated rings. The fraction of sp³-hybridized carbons (Fsp3) is 0.435. The molecule has 0 radical (unpaired) electrons. The molecule has 2 N–H and O–H groups in total. The monoisotopic (exact) mass is 470 g/mol. The molecule has 3 heterocycles. The molecule has 2 bridgehead atoms. The fourth-order valence-electron chi connectivity index (χ4n) is 3.81. The van der Waals surface area contributed by atoms with E-state index in [1.165, 1.54) is 6.33 Å². The molecular formula is C23H27ClN6O3. The smallest absolute Gasteiger partial charge is 0.238 e. The Morgan fingerprint density at radius 2 is 1.94 bits per heavy atom. The van der Waals surface area contributed by atoms with E-state index in [1.807, 2.05) is 0 Å². The third kappa shape index (κ3) is 5.60. The first-order valence-electron chi connectivity index (χ1n) is 11.1. The molecule has 33 heavy (non-hydrogen) atoms. The Morgan fingerprint density at radius 3 is 2.82 bits per heavy atom. The number of aliphatic imine (C=N–C) groups is 1. The van der Waals surface area contributed by atoms with Crippen LogP contribution in [0.4, 0.5) is 17.3 Å². The second-order valence-electron chi connectivity index (χ2n) is 8.10. The van der Waals surface area contributed by atoms with Crippen LogP contribution in [0.2, 0.25) is 5.02 Å². The van der Waals surface area contributed by atoms with Crippen LogP contribution in [0, 0.1) is 0 Å². The quantitative estimate of drug-likeness (QED) is 0.606. The Kier molecular flexibility index (Phi) is 7.39. The van der Waals surface area contributed by atoms with E-state index in [2.05, 4.69) is 25.6 Å². The highest BCUT2D eigenvalue weighted by Crippen LogP contribution is 2.35. The summed E-state index contributed by atoms with van der Waals surface area (Å²) in [7, 11) is 1.80. The topological polar surface area (TPSA) is 109 Å². The zero-order valence-corrected chi connectivity index (χ0v) is 19.3. The van der Waals surface area contributed by atoms with Crippen molar-refractivity contribution in [1.29, 1.82) is 0 Å². The summed E-state index contributed by atoms with van der Waals surface area (Å²) < 4.78 is 5.85. The van der Waals surface area contributed by atoms with Gasteiger partial charge in [-0.2, -0.15) is 0 Å². The van der Waals surface area contributed by atoms with Gasteiger partial charge in [0.15, 0.2) is 0 Å². The van der Waals surface area contributed by atoms with Gasteiger partial charge in [0.05, 0.1) is 22.9 Å². The Balaban J connectivity index is 1.60. The number of nitrogens with one attached hydrogen (secondary N) is 2. The third-order valence-corrected chi connectivity index (χ3v) is 6.03. The SMILES string of the molecule is CN1CCNc2ncnc3c2C(C=Nc2ccc(Cl)c(c2)OCCCCCCC1=O)C(=O)N3. The molecule has 10 heteroatoms. The minimum Gasteiger partial charge on any atom is -0.492 e. The molecule has 2 amide bonds.